The van der Waals surface area contributed by atoms with E-state index in [2.05, 4.69) is 106 Å². The molecule has 5 nitrogen and oxygen atoms in total. The molecule has 11 aromatic rings. The summed E-state index contributed by atoms with van der Waals surface area (Å²) in [5, 5.41) is 6.89. The highest BCUT2D eigenvalue weighted by atomic mass is 16.3. The Balaban J connectivity index is 1.22. The lowest BCUT2D eigenvalue weighted by Crippen LogP contribution is -1.94. The van der Waals surface area contributed by atoms with Crippen LogP contribution < -0.4 is 0 Å². The fourth-order valence-electron chi connectivity index (χ4n) is 7.57. The summed E-state index contributed by atoms with van der Waals surface area (Å²) < 4.78 is 8.80. The zero-order valence-corrected chi connectivity index (χ0v) is 25.6. The third-order valence-corrected chi connectivity index (χ3v) is 9.76. The fraction of sp³-hybridized carbons (Fsp3) is 0. The van der Waals surface area contributed by atoms with Gasteiger partial charge in [0, 0.05) is 49.6 Å². The Bertz CT molecular complexity index is 3060. The second-order valence-electron chi connectivity index (χ2n) is 12.5. The molecule has 0 spiro atoms. The zero-order chi connectivity index (χ0) is 31.3. The van der Waals surface area contributed by atoms with Crippen LogP contribution in [0.3, 0.4) is 0 Å². The predicted octanol–water partition coefficient (Wildman–Crippen LogP) is 11.1. The van der Waals surface area contributed by atoms with Crippen LogP contribution in [-0.4, -0.2) is 19.4 Å². The van der Waals surface area contributed by atoms with Gasteiger partial charge in [0.25, 0.3) is 0 Å². The Kier molecular flexibility index (Phi) is 5.05. The van der Waals surface area contributed by atoms with Crippen molar-refractivity contribution in [3.05, 3.63) is 146 Å². The monoisotopic (exact) mass is 612 g/mol. The number of pyridine rings is 1. The SMILES string of the molecule is c1ccc(-c2nc(-c3cc4c5ccccc5n5c6ccc(-c7ccc8cccnc8c7)cc6c(c3)c45)nc3c2oc2ccccc23)cc1. The molecule has 0 N–H and O–H groups in total. The van der Waals surface area contributed by atoms with Crippen molar-refractivity contribution in [2.75, 3.05) is 0 Å². The van der Waals surface area contributed by atoms with Crippen molar-refractivity contribution in [1.82, 2.24) is 19.4 Å². The quantitative estimate of drug-likeness (QED) is 0.199. The van der Waals surface area contributed by atoms with Crippen LogP contribution in [0.4, 0.5) is 0 Å². The molecule has 0 amide bonds. The number of aromatic nitrogens is 4. The molecule has 0 radical (unpaired) electrons. The summed E-state index contributed by atoms with van der Waals surface area (Å²) in [7, 11) is 0. The molecule has 0 unspecified atom stereocenters. The Hall–Kier alpha value is -6.59. The largest absolute Gasteiger partial charge is 0.452 e. The Labute approximate surface area is 273 Å². The number of hydrogen-bond donors (Lipinski definition) is 0. The summed E-state index contributed by atoms with van der Waals surface area (Å²) in [5.74, 6) is 0.674. The van der Waals surface area contributed by atoms with Gasteiger partial charge in [0.15, 0.2) is 11.4 Å². The number of fused-ring (bicyclic) bond motifs is 10. The summed E-state index contributed by atoms with van der Waals surface area (Å²) in [6, 6.07) is 48.9. The van der Waals surface area contributed by atoms with Gasteiger partial charge < -0.3 is 8.82 Å². The minimum absolute atomic E-state index is 0.674. The standard InChI is InChI=1S/C43H24N4O/c1-2-9-26(10-3-1)39-42-40(31-13-5-7-15-38(31)48-42)46-43(45-39)29-22-33-30-12-4-6-14-36(30)47-37-19-18-27(21-32(37)34(23-29)41(33)47)28-17-16-25-11-8-20-44-35(25)24-28/h1-24H. The van der Waals surface area contributed by atoms with Gasteiger partial charge in [-0.2, -0.15) is 0 Å². The molecule has 0 bridgehead atoms. The van der Waals surface area contributed by atoms with Gasteiger partial charge in [-0.05, 0) is 65.7 Å². The van der Waals surface area contributed by atoms with Crippen molar-refractivity contribution in [3.63, 3.8) is 0 Å². The first kappa shape index (κ1) is 25.6. The van der Waals surface area contributed by atoms with Gasteiger partial charge in [0.05, 0.1) is 22.1 Å². The lowest BCUT2D eigenvalue weighted by molar-refractivity contribution is 0.667. The first-order valence-electron chi connectivity index (χ1n) is 16.1. The predicted molar refractivity (Wildman–Crippen MR) is 196 cm³/mol. The summed E-state index contributed by atoms with van der Waals surface area (Å²) in [5.41, 5.74) is 12.0. The van der Waals surface area contributed by atoms with Crippen LogP contribution in [0.25, 0.3) is 105 Å². The first-order valence-corrected chi connectivity index (χ1v) is 16.1. The zero-order valence-electron chi connectivity index (χ0n) is 25.6. The van der Waals surface area contributed by atoms with Crippen LogP contribution >= 0.6 is 0 Å². The summed E-state index contributed by atoms with van der Waals surface area (Å²) in [6.07, 6.45) is 1.85. The second-order valence-corrected chi connectivity index (χ2v) is 12.5. The molecule has 6 aromatic carbocycles. The maximum atomic E-state index is 6.39. The summed E-state index contributed by atoms with van der Waals surface area (Å²) in [6.45, 7) is 0. The number of hydrogen-bond acceptors (Lipinski definition) is 4. The third-order valence-electron chi connectivity index (χ3n) is 9.76. The van der Waals surface area contributed by atoms with Gasteiger partial charge in [0.2, 0.25) is 0 Å². The van der Waals surface area contributed by atoms with Crippen LogP contribution in [0.2, 0.25) is 0 Å². The average molecular weight is 613 g/mol. The number of para-hydroxylation sites is 2. The molecule has 48 heavy (non-hydrogen) atoms. The smallest absolute Gasteiger partial charge is 0.180 e. The van der Waals surface area contributed by atoms with Crippen molar-refractivity contribution in [2.45, 2.75) is 0 Å². The minimum atomic E-state index is 0.674. The third kappa shape index (κ3) is 3.53. The van der Waals surface area contributed by atoms with Crippen LogP contribution in [0.5, 0.6) is 0 Å². The van der Waals surface area contributed by atoms with E-state index in [0.29, 0.717) is 11.4 Å². The lowest BCUT2D eigenvalue weighted by Gasteiger charge is -2.08. The van der Waals surface area contributed by atoms with Gasteiger partial charge in [-0.1, -0.05) is 84.9 Å². The topological polar surface area (TPSA) is 56.2 Å². The molecular formula is C43H24N4O. The number of furan rings is 1. The second kappa shape index (κ2) is 9.47. The maximum absolute atomic E-state index is 6.39. The average Bonchev–Trinajstić information content (AvgIpc) is 3.81. The summed E-state index contributed by atoms with van der Waals surface area (Å²) in [4.78, 5) is 15.1. The van der Waals surface area contributed by atoms with Crippen LogP contribution in [0.1, 0.15) is 0 Å². The van der Waals surface area contributed by atoms with Gasteiger partial charge in [-0.25, -0.2) is 9.97 Å². The van der Waals surface area contributed by atoms with Crippen LogP contribution in [0, 0.1) is 0 Å². The number of benzene rings is 6. The normalized spacial score (nSPS) is 12.2. The Morgan fingerprint density at radius 2 is 1.23 bits per heavy atom. The molecule has 5 heterocycles. The van der Waals surface area contributed by atoms with Crippen molar-refractivity contribution < 1.29 is 4.42 Å². The van der Waals surface area contributed by atoms with E-state index in [1.807, 2.05) is 48.7 Å². The Morgan fingerprint density at radius 3 is 2.15 bits per heavy atom. The minimum Gasteiger partial charge on any atom is -0.452 e. The van der Waals surface area contributed by atoms with Gasteiger partial charge in [-0.15, -0.1) is 0 Å². The van der Waals surface area contributed by atoms with Gasteiger partial charge in [-0.3, -0.25) is 4.98 Å². The molecular weight excluding hydrogens is 589 g/mol. The van der Waals surface area contributed by atoms with Crippen LogP contribution in [-0.2, 0) is 0 Å². The molecule has 0 aliphatic heterocycles. The van der Waals surface area contributed by atoms with E-state index in [1.54, 1.807) is 0 Å². The number of rotatable bonds is 3. The van der Waals surface area contributed by atoms with Crippen molar-refractivity contribution in [2.24, 2.45) is 0 Å². The molecule has 11 rings (SSSR count). The lowest BCUT2D eigenvalue weighted by atomic mass is 9.99. The van der Waals surface area contributed by atoms with Gasteiger partial charge in [0.1, 0.15) is 16.8 Å². The van der Waals surface area contributed by atoms with Crippen molar-refractivity contribution in [3.8, 4) is 33.8 Å². The van der Waals surface area contributed by atoms with E-state index in [-0.39, 0.29) is 0 Å². The van der Waals surface area contributed by atoms with E-state index >= 15 is 0 Å². The molecule has 0 aliphatic carbocycles. The van der Waals surface area contributed by atoms with E-state index in [4.69, 9.17) is 14.4 Å². The van der Waals surface area contributed by atoms with Crippen molar-refractivity contribution >= 4 is 71.1 Å². The van der Waals surface area contributed by atoms with E-state index in [0.717, 1.165) is 55.3 Å². The maximum Gasteiger partial charge on any atom is 0.180 e. The molecule has 5 aromatic heterocycles. The van der Waals surface area contributed by atoms with E-state index < -0.39 is 0 Å². The molecule has 0 saturated heterocycles. The highest BCUT2D eigenvalue weighted by Gasteiger charge is 2.22. The fourth-order valence-corrected chi connectivity index (χ4v) is 7.57. The van der Waals surface area contributed by atoms with Crippen LogP contribution in [0.15, 0.2) is 150 Å². The highest BCUT2D eigenvalue weighted by molar-refractivity contribution is 6.24. The highest BCUT2D eigenvalue weighted by Crippen LogP contribution is 2.43. The van der Waals surface area contributed by atoms with Gasteiger partial charge >= 0.3 is 0 Å². The summed E-state index contributed by atoms with van der Waals surface area (Å²) >= 11 is 0. The molecule has 222 valence electrons. The molecule has 0 aliphatic rings. The first-order chi connectivity index (χ1) is 23.8. The van der Waals surface area contributed by atoms with E-state index in [9.17, 15) is 0 Å². The molecule has 0 fully saturated rings. The van der Waals surface area contributed by atoms with Crippen molar-refractivity contribution in [1.29, 1.82) is 0 Å². The molecule has 5 heteroatoms. The Morgan fingerprint density at radius 1 is 0.500 bits per heavy atom. The molecule has 0 atom stereocenters. The molecule has 0 saturated carbocycles. The van der Waals surface area contributed by atoms with E-state index in [1.165, 1.54) is 38.1 Å². The number of nitrogens with zero attached hydrogens (tertiary/aromatic N) is 4.